The van der Waals surface area contributed by atoms with Gasteiger partial charge in [0.2, 0.25) is 10.0 Å². The van der Waals surface area contributed by atoms with Gasteiger partial charge in [-0.25, -0.2) is 13.2 Å². The zero-order valence-corrected chi connectivity index (χ0v) is 12.3. The van der Waals surface area contributed by atoms with Crippen LogP contribution in [0.4, 0.5) is 4.79 Å². The number of carbonyl (C=O) groups is 1. The number of sulfonamides is 1. The van der Waals surface area contributed by atoms with E-state index < -0.39 is 21.9 Å². The van der Waals surface area contributed by atoms with Crippen molar-refractivity contribution in [2.45, 2.75) is 23.5 Å². The van der Waals surface area contributed by atoms with E-state index in [1.165, 1.54) is 24.3 Å². The molecule has 0 radical (unpaired) electrons. The first-order valence-corrected chi connectivity index (χ1v) is 7.89. The van der Waals surface area contributed by atoms with E-state index >= 15 is 0 Å². The summed E-state index contributed by atoms with van der Waals surface area (Å²) in [5.74, 6) is 0. The van der Waals surface area contributed by atoms with Crippen molar-refractivity contribution in [1.82, 2.24) is 4.72 Å². The van der Waals surface area contributed by atoms with Gasteiger partial charge in [-0.1, -0.05) is 6.07 Å². The molecule has 0 atom stereocenters. The number of hydrogen-bond donors (Lipinski definition) is 2. The highest BCUT2D eigenvalue weighted by atomic mass is 32.2. The Morgan fingerprint density at radius 3 is 2.68 bits per heavy atom. The molecule has 0 aliphatic carbocycles. The van der Waals surface area contributed by atoms with Crippen molar-refractivity contribution in [3.8, 4) is 6.07 Å². The maximum atomic E-state index is 12.4. The Labute approximate surface area is 127 Å². The van der Waals surface area contributed by atoms with Gasteiger partial charge in [-0.3, -0.25) is 0 Å². The van der Waals surface area contributed by atoms with Crippen LogP contribution in [-0.4, -0.2) is 38.6 Å². The maximum absolute atomic E-state index is 12.4. The van der Waals surface area contributed by atoms with Crippen molar-refractivity contribution >= 4 is 16.2 Å². The molecule has 0 amide bonds. The monoisotopic (exact) mass is 326 g/mol. The fraction of sp³-hybridized carbons (Fsp3) is 0.385. The molecular formula is C13H14N2O6S. The lowest BCUT2D eigenvalue weighted by atomic mass is 10.1. The van der Waals surface area contributed by atoms with Crippen molar-refractivity contribution in [3.05, 3.63) is 29.8 Å². The molecular weight excluding hydrogens is 312 g/mol. The Morgan fingerprint density at radius 1 is 1.41 bits per heavy atom. The third kappa shape index (κ3) is 3.73. The van der Waals surface area contributed by atoms with Gasteiger partial charge in [-0.05, 0) is 18.2 Å². The standard InChI is InChI=1S/C13H14N2O6S/c14-9-10-2-1-3-11(8-10)22(18,19)15-13(21-12(16)17)4-6-20-7-5-13/h1-3,8,15H,4-7H2,(H,16,17). The number of hydrogen-bond acceptors (Lipinski definition) is 6. The molecule has 1 aliphatic heterocycles. The smallest absolute Gasteiger partial charge is 0.450 e. The van der Waals surface area contributed by atoms with Crippen LogP contribution in [0.25, 0.3) is 0 Å². The van der Waals surface area contributed by atoms with Crippen LogP contribution in [0.15, 0.2) is 29.2 Å². The molecule has 1 fully saturated rings. The first kappa shape index (κ1) is 16.2. The summed E-state index contributed by atoms with van der Waals surface area (Å²) in [4.78, 5) is 10.7. The van der Waals surface area contributed by atoms with Gasteiger partial charge < -0.3 is 14.6 Å². The number of rotatable bonds is 4. The topological polar surface area (TPSA) is 126 Å². The van der Waals surface area contributed by atoms with E-state index in [0.29, 0.717) is 0 Å². The van der Waals surface area contributed by atoms with Gasteiger partial charge in [0.25, 0.3) is 0 Å². The summed E-state index contributed by atoms with van der Waals surface area (Å²) < 4.78 is 37.0. The van der Waals surface area contributed by atoms with E-state index in [2.05, 4.69) is 4.72 Å². The van der Waals surface area contributed by atoms with Crippen LogP contribution in [0.1, 0.15) is 18.4 Å². The lowest BCUT2D eigenvalue weighted by molar-refractivity contribution is -0.0911. The highest BCUT2D eigenvalue weighted by Crippen LogP contribution is 2.25. The van der Waals surface area contributed by atoms with Gasteiger partial charge in [-0.15, -0.1) is 0 Å². The predicted octanol–water partition coefficient (Wildman–Crippen LogP) is 1.04. The summed E-state index contributed by atoms with van der Waals surface area (Å²) in [5, 5.41) is 17.7. The van der Waals surface area contributed by atoms with Gasteiger partial charge in [-0.2, -0.15) is 9.98 Å². The minimum absolute atomic E-state index is 0.0659. The van der Waals surface area contributed by atoms with Crippen molar-refractivity contribution in [1.29, 1.82) is 5.26 Å². The van der Waals surface area contributed by atoms with Crippen LogP contribution < -0.4 is 4.72 Å². The molecule has 1 aliphatic rings. The van der Waals surface area contributed by atoms with Gasteiger partial charge in [0.05, 0.1) is 29.7 Å². The minimum atomic E-state index is -4.04. The lowest BCUT2D eigenvalue weighted by Crippen LogP contribution is -2.54. The molecule has 22 heavy (non-hydrogen) atoms. The van der Waals surface area contributed by atoms with Crippen molar-refractivity contribution in [3.63, 3.8) is 0 Å². The zero-order valence-electron chi connectivity index (χ0n) is 11.5. The number of nitriles is 1. The molecule has 2 rings (SSSR count). The highest BCUT2D eigenvalue weighted by Gasteiger charge is 2.41. The molecule has 1 aromatic rings. The normalized spacial score (nSPS) is 17.4. The van der Waals surface area contributed by atoms with Gasteiger partial charge in [0.1, 0.15) is 0 Å². The van der Waals surface area contributed by atoms with E-state index in [1.54, 1.807) is 0 Å². The van der Waals surface area contributed by atoms with Crippen molar-refractivity contribution < 1.29 is 27.8 Å². The van der Waals surface area contributed by atoms with Gasteiger partial charge in [0, 0.05) is 12.8 Å². The molecule has 118 valence electrons. The van der Waals surface area contributed by atoms with Crippen LogP contribution in [-0.2, 0) is 19.5 Å². The van der Waals surface area contributed by atoms with E-state index in [-0.39, 0.29) is 36.5 Å². The quantitative estimate of drug-likeness (QED) is 0.625. The first-order chi connectivity index (χ1) is 10.4. The number of carboxylic acid groups (broad SMARTS) is 1. The second-order valence-electron chi connectivity index (χ2n) is 4.72. The van der Waals surface area contributed by atoms with Crippen molar-refractivity contribution in [2.75, 3.05) is 13.2 Å². The summed E-state index contributed by atoms with van der Waals surface area (Å²) >= 11 is 0. The molecule has 0 spiro atoms. The predicted molar refractivity (Wildman–Crippen MR) is 73.4 cm³/mol. The third-order valence-electron chi connectivity index (χ3n) is 3.18. The summed E-state index contributed by atoms with van der Waals surface area (Å²) in [6.07, 6.45) is -1.44. The molecule has 9 heteroatoms. The lowest BCUT2D eigenvalue weighted by Gasteiger charge is -2.35. The van der Waals surface area contributed by atoms with E-state index in [1.807, 2.05) is 6.07 Å². The molecule has 2 N–H and O–H groups in total. The molecule has 8 nitrogen and oxygen atoms in total. The van der Waals surface area contributed by atoms with Crippen LogP contribution in [0, 0.1) is 11.3 Å². The number of nitrogens with zero attached hydrogens (tertiary/aromatic N) is 1. The molecule has 1 saturated heterocycles. The molecule has 1 aromatic carbocycles. The van der Waals surface area contributed by atoms with Crippen LogP contribution >= 0.6 is 0 Å². The SMILES string of the molecule is N#Cc1cccc(S(=O)(=O)NC2(OC(=O)O)CCOCC2)c1. The van der Waals surface area contributed by atoms with Crippen LogP contribution in [0.5, 0.6) is 0 Å². The molecule has 1 heterocycles. The molecule has 0 bridgehead atoms. The number of benzene rings is 1. The van der Waals surface area contributed by atoms with Crippen molar-refractivity contribution in [2.24, 2.45) is 0 Å². The van der Waals surface area contributed by atoms with E-state index in [9.17, 15) is 13.2 Å². The summed E-state index contributed by atoms with van der Waals surface area (Å²) in [6, 6.07) is 7.27. The zero-order chi connectivity index (χ0) is 16.2. The fourth-order valence-electron chi connectivity index (χ4n) is 2.13. The van der Waals surface area contributed by atoms with Crippen LogP contribution in [0.2, 0.25) is 0 Å². The molecule has 0 aromatic heterocycles. The minimum Gasteiger partial charge on any atom is -0.450 e. The Hall–Kier alpha value is -2.15. The Kier molecular flexibility index (Phi) is 4.65. The number of ether oxygens (including phenoxy) is 2. The average Bonchev–Trinajstić information content (AvgIpc) is 2.46. The van der Waals surface area contributed by atoms with E-state index in [0.717, 1.165) is 0 Å². The summed E-state index contributed by atoms with van der Waals surface area (Å²) in [7, 11) is -4.04. The molecule has 0 unspecified atom stereocenters. The first-order valence-electron chi connectivity index (χ1n) is 6.41. The largest absolute Gasteiger partial charge is 0.507 e. The number of nitrogens with one attached hydrogen (secondary N) is 1. The summed E-state index contributed by atoms with van der Waals surface area (Å²) in [5.41, 5.74) is -1.38. The Morgan fingerprint density at radius 2 is 2.09 bits per heavy atom. The second kappa shape index (κ2) is 6.31. The van der Waals surface area contributed by atoms with Gasteiger partial charge >= 0.3 is 6.16 Å². The Bertz CT molecular complexity index is 703. The van der Waals surface area contributed by atoms with Crippen LogP contribution in [0.3, 0.4) is 0 Å². The van der Waals surface area contributed by atoms with Gasteiger partial charge in [0.15, 0.2) is 5.72 Å². The Balaban J connectivity index is 2.31. The molecule has 0 saturated carbocycles. The second-order valence-corrected chi connectivity index (χ2v) is 6.40. The van der Waals surface area contributed by atoms with E-state index in [4.69, 9.17) is 19.8 Å². The third-order valence-corrected chi connectivity index (χ3v) is 4.69. The average molecular weight is 326 g/mol. The maximum Gasteiger partial charge on any atom is 0.507 e. The highest BCUT2D eigenvalue weighted by molar-refractivity contribution is 7.89. The fourth-order valence-corrected chi connectivity index (χ4v) is 3.52. The summed E-state index contributed by atoms with van der Waals surface area (Å²) in [6.45, 7) is 0.349.